The van der Waals surface area contributed by atoms with E-state index in [0.29, 0.717) is 16.8 Å². The molecule has 0 aromatic heterocycles. The van der Waals surface area contributed by atoms with Crippen molar-refractivity contribution in [3.63, 3.8) is 0 Å². The first kappa shape index (κ1) is 14.4. The molecule has 0 heterocycles. The van der Waals surface area contributed by atoms with Crippen LogP contribution in [-0.2, 0) is 6.61 Å². The SMILES string of the molecule is COc1ccc(B(O)O)c(COc2ccc(C)cc2)c1. The molecule has 0 atom stereocenters. The van der Waals surface area contributed by atoms with E-state index in [1.165, 1.54) is 0 Å². The van der Waals surface area contributed by atoms with Crippen molar-refractivity contribution in [1.82, 2.24) is 0 Å². The van der Waals surface area contributed by atoms with E-state index in [4.69, 9.17) is 9.47 Å². The molecule has 0 amide bonds. The van der Waals surface area contributed by atoms with E-state index in [9.17, 15) is 10.0 Å². The molecule has 0 spiro atoms. The monoisotopic (exact) mass is 272 g/mol. The summed E-state index contributed by atoms with van der Waals surface area (Å²) in [6.45, 7) is 2.25. The van der Waals surface area contributed by atoms with Crippen molar-refractivity contribution in [3.8, 4) is 11.5 Å². The van der Waals surface area contributed by atoms with Gasteiger partial charge in [0.2, 0.25) is 0 Å². The molecule has 2 aromatic rings. The van der Waals surface area contributed by atoms with Gasteiger partial charge in [0.25, 0.3) is 0 Å². The maximum atomic E-state index is 9.36. The molecular weight excluding hydrogens is 255 g/mol. The quantitative estimate of drug-likeness (QED) is 0.804. The summed E-state index contributed by atoms with van der Waals surface area (Å²) in [4.78, 5) is 0. The average molecular weight is 272 g/mol. The highest BCUT2D eigenvalue weighted by molar-refractivity contribution is 6.59. The van der Waals surface area contributed by atoms with E-state index in [-0.39, 0.29) is 6.61 Å². The Morgan fingerprint density at radius 1 is 1.00 bits per heavy atom. The van der Waals surface area contributed by atoms with Crippen molar-refractivity contribution in [2.45, 2.75) is 13.5 Å². The minimum atomic E-state index is -1.53. The molecular formula is C15H17BO4. The van der Waals surface area contributed by atoms with Crippen molar-refractivity contribution in [2.75, 3.05) is 7.11 Å². The first-order chi connectivity index (χ1) is 9.60. The second kappa shape index (κ2) is 6.46. The van der Waals surface area contributed by atoms with Gasteiger partial charge >= 0.3 is 7.12 Å². The summed E-state index contributed by atoms with van der Waals surface area (Å²) >= 11 is 0. The first-order valence-electron chi connectivity index (χ1n) is 6.32. The predicted octanol–water partition coefficient (Wildman–Crippen LogP) is 1.26. The fourth-order valence-corrected chi connectivity index (χ4v) is 1.88. The highest BCUT2D eigenvalue weighted by Crippen LogP contribution is 2.16. The first-order valence-corrected chi connectivity index (χ1v) is 6.32. The van der Waals surface area contributed by atoms with Gasteiger partial charge in [-0.05, 0) is 42.2 Å². The second-order valence-corrected chi connectivity index (χ2v) is 4.54. The van der Waals surface area contributed by atoms with Crippen LogP contribution in [-0.4, -0.2) is 24.3 Å². The summed E-state index contributed by atoms with van der Waals surface area (Å²) in [5, 5.41) is 18.7. The lowest BCUT2D eigenvalue weighted by Gasteiger charge is -2.12. The average Bonchev–Trinajstić information content (AvgIpc) is 2.46. The van der Waals surface area contributed by atoms with Crippen LogP contribution >= 0.6 is 0 Å². The van der Waals surface area contributed by atoms with Crippen LogP contribution < -0.4 is 14.9 Å². The van der Waals surface area contributed by atoms with Gasteiger partial charge in [0.05, 0.1) is 7.11 Å². The Morgan fingerprint density at radius 3 is 2.25 bits per heavy atom. The Labute approximate surface area is 118 Å². The highest BCUT2D eigenvalue weighted by atomic mass is 16.5. The van der Waals surface area contributed by atoms with E-state index < -0.39 is 7.12 Å². The maximum Gasteiger partial charge on any atom is 0.488 e. The molecule has 20 heavy (non-hydrogen) atoms. The number of hydrogen-bond acceptors (Lipinski definition) is 4. The van der Waals surface area contributed by atoms with Crippen molar-refractivity contribution >= 4 is 12.6 Å². The minimum Gasteiger partial charge on any atom is -0.497 e. The van der Waals surface area contributed by atoms with Crippen molar-refractivity contribution in [2.24, 2.45) is 0 Å². The zero-order valence-corrected chi connectivity index (χ0v) is 11.5. The van der Waals surface area contributed by atoms with Crippen LogP contribution in [0, 0.1) is 6.92 Å². The van der Waals surface area contributed by atoms with E-state index in [1.807, 2.05) is 31.2 Å². The van der Waals surface area contributed by atoms with E-state index in [1.54, 1.807) is 25.3 Å². The standard InChI is InChI=1S/C15H17BO4/c1-11-3-5-13(6-4-11)20-10-12-9-14(19-2)7-8-15(12)16(17)18/h3-9,17-18H,10H2,1-2H3. The summed E-state index contributed by atoms with van der Waals surface area (Å²) in [7, 11) is 0.0344. The van der Waals surface area contributed by atoms with Gasteiger partial charge in [-0.15, -0.1) is 0 Å². The van der Waals surface area contributed by atoms with E-state index >= 15 is 0 Å². The van der Waals surface area contributed by atoms with Crippen molar-refractivity contribution < 1.29 is 19.5 Å². The Kier molecular flexibility index (Phi) is 4.66. The molecule has 104 valence electrons. The van der Waals surface area contributed by atoms with Gasteiger partial charge in [0, 0.05) is 0 Å². The number of ether oxygens (including phenoxy) is 2. The van der Waals surface area contributed by atoms with Crippen LogP contribution in [0.4, 0.5) is 0 Å². The molecule has 2 aromatic carbocycles. The normalized spacial score (nSPS) is 10.2. The Bertz CT molecular complexity index is 567. The molecule has 4 nitrogen and oxygen atoms in total. The topological polar surface area (TPSA) is 58.9 Å². The zero-order valence-electron chi connectivity index (χ0n) is 11.5. The van der Waals surface area contributed by atoms with Crippen LogP contribution in [0.2, 0.25) is 0 Å². The molecule has 0 fully saturated rings. The van der Waals surface area contributed by atoms with Gasteiger partial charge < -0.3 is 19.5 Å². The molecule has 0 saturated heterocycles. The molecule has 5 heteroatoms. The van der Waals surface area contributed by atoms with Crippen LogP contribution in [0.15, 0.2) is 42.5 Å². The zero-order chi connectivity index (χ0) is 14.5. The summed E-state index contributed by atoms with van der Waals surface area (Å²) in [6.07, 6.45) is 0. The molecule has 0 saturated carbocycles. The lowest BCUT2D eigenvalue weighted by atomic mass is 9.77. The Balaban J connectivity index is 2.16. The third-order valence-electron chi connectivity index (χ3n) is 3.04. The van der Waals surface area contributed by atoms with Crippen molar-refractivity contribution in [3.05, 3.63) is 53.6 Å². The summed E-state index contributed by atoms with van der Waals surface area (Å²) < 4.78 is 10.8. The smallest absolute Gasteiger partial charge is 0.488 e. The van der Waals surface area contributed by atoms with Crippen molar-refractivity contribution in [1.29, 1.82) is 0 Å². The molecule has 0 bridgehead atoms. The third kappa shape index (κ3) is 3.53. The fraction of sp³-hybridized carbons (Fsp3) is 0.200. The van der Waals surface area contributed by atoms with Crippen LogP contribution in [0.25, 0.3) is 0 Å². The Morgan fingerprint density at radius 2 is 1.65 bits per heavy atom. The van der Waals surface area contributed by atoms with Gasteiger partial charge in [-0.1, -0.05) is 23.8 Å². The van der Waals surface area contributed by atoms with Gasteiger partial charge in [-0.3, -0.25) is 0 Å². The lowest BCUT2D eigenvalue weighted by Crippen LogP contribution is -2.33. The fourth-order valence-electron chi connectivity index (χ4n) is 1.88. The molecule has 0 aliphatic heterocycles. The number of benzene rings is 2. The maximum absolute atomic E-state index is 9.36. The number of aryl methyl sites for hydroxylation is 1. The summed E-state index contributed by atoms with van der Waals surface area (Å²) in [5.41, 5.74) is 2.25. The molecule has 2 rings (SSSR count). The lowest BCUT2D eigenvalue weighted by molar-refractivity contribution is 0.305. The molecule has 0 radical (unpaired) electrons. The second-order valence-electron chi connectivity index (χ2n) is 4.54. The molecule has 0 aliphatic carbocycles. The van der Waals surface area contributed by atoms with Gasteiger partial charge in [0.15, 0.2) is 0 Å². The van der Waals surface area contributed by atoms with Crippen LogP contribution in [0.3, 0.4) is 0 Å². The molecule has 0 unspecified atom stereocenters. The minimum absolute atomic E-state index is 0.243. The Hall–Kier alpha value is -1.98. The van der Waals surface area contributed by atoms with Crippen LogP contribution in [0.5, 0.6) is 11.5 Å². The molecule has 0 aliphatic rings. The molecule has 2 N–H and O–H groups in total. The van der Waals surface area contributed by atoms with E-state index in [0.717, 1.165) is 11.3 Å². The van der Waals surface area contributed by atoms with Gasteiger partial charge in [-0.2, -0.15) is 0 Å². The summed E-state index contributed by atoms with van der Waals surface area (Å²) in [6, 6.07) is 12.7. The highest BCUT2D eigenvalue weighted by Gasteiger charge is 2.17. The number of hydrogen-bond donors (Lipinski definition) is 2. The largest absolute Gasteiger partial charge is 0.497 e. The van der Waals surface area contributed by atoms with E-state index in [2.05, 4.69) is 0 Å². The van der Waals surface area contributed by atoms with Gasteiger partial charge in [0.1, 0.15) is 18.1 Å². The van der Waals surface area contributed by atoms with Gasteiger partial charge in [-0.25, -0.2) is 0 Å². The number of rotatable bonds is 5. The number of methoxy groups -OCH3 is 1. The summed E-state index contributed by atoms with van der Waals surface area (Å²) in [5.74, 6) is 1.38. The predicted molar refractivity (Wildman–Crippen MR) is 78.3 cm³/mol. The third-order valence-corrected chi connectivity index (χ3v) is 3.04. The van der Waals surface area contributed by atoms with Crippen LogP contribution in [0.1, 0.15) is 11.1 Å².